The molecule has 0 rings (SSSR count). The van der Waals surface area contributed by atoms with Crippen LogP contribution in [-0.2, 0) is 4.79 Å². The van der Waals surface area contributed by atoms with Gasteiger partial charge in [0.1, 0.15) is 0 Å². The Balaban J connectivity index is 3.95. The first kappa shape index (κ1) is 6.50. The van der Waals surface area contributed by atoms with Crippen LogP contribution >= 0.6 is 0 Å². The van der Waals surface area contributed by atoms with Gasteiger partial charge in [-0.3, -0.25) is 5.41 Å². The number of amides is 1. The zero-order chi connectivity index (χ0) is 6.57. The maximum atomic E-state index is 9.97. The van der Waals surface area contributed by atoms with Gasteiger partial charge in [0, 0.05) is 0 Å². The van der Waals surface area contributed by atoms with Crippen molar-refractivity contribution < 1.29 is 4.79 Å². The first-order valence-corrected chi connectivity index (χ1v) is 1.79. The van der Waals surface area contributed by atoms with Crippen LogP contribution < -0.4 is 5.73 Å². The second-order valence-corrected chi connectivity index (χ2v) is 1.03. The zero-order valence-corrected chi connectivity index (χ0v) is 4.01. The van der Waals surface area contributed by atoms with Gasteiger partial charge in [-0.1, -0.05) is 0 Å². The van der Waals surface area contributed by atoms with E-state index in [1.165, 1.54) is 6.07 Å². The van der Waals surface area contributed by atoms with Crippen molar-refractivity contribution in [2.45, 2.75) is 0 Å². The largest absolute Gasteiger partial charge is 0.427 e. The van der Waals surface area contributed by atoms with E-state index in [1.807, 2.05) is 0 Å². The van der Waals surface area contributed by atoms with Crippen LogP contribution in [0.4, 0.5) is 0 Å². The highest BCUT2D eigenvalue weighted by molar-refractivity contribution is 6.09. The SMILES string of the molecule is N#C[C+](C=N)C(N)=O. The topological polar surface area (TPSA) is 90.7 Å². The van der Waals surface area contributed by atoms with Gasteiger partial charge in [-0.2, -0.15) is 0 Å². The summed E-state index contributed by atoms with van der Waals surface area (Å²) in [5.41, 5.74) is 4.61. The molecule has 0 aliphatic carbocycles. The van der Waals surface area contributed by atoms with Crippen molar-refractivity contribution in [3.63, 3.8) is 0 Å². The predicted octanol–water partition coefficient (Wildman–Crippen LogP) is -0.781. The van der Waals surface area contributed by atoms with E-state index >= 15 is 0 Å². The van der Waals surface area contributed by atoms with Crippen LogP contribution in [0.2, 0.25) is 0 Å². The highest BCUT2D eigenvalue weighted by Gasteiger charge is 2.26. The van der Waals surface area contributed by atoms with Gasteiger partial charge in [0.2, 0.25) is 6.21 Å². The molecule has 0 aromatic heterocycles. The Morgan fingerprint density at radius 1 is 2.00 bits per heavy atom. The van der Waals surface area contributed by atoms with Gasteiger partial charge < -0.3 is 5.73 Å². The van der Waals surface area contributed by atoms with Gasteiger partial charge >= 0.3 is 17.9 Å². The van der Waals surface area contributed by atoms with E-state index in [9.17, 15) is 4.79 Å². The van der Waals surface area contributed by atoms with Crippen molar-refractivity contribution in [2.75, 3.05) is 0 Å². The fourth-order valence-electron chi connectivity index (χ4n) is 0.159. The molecular formula is C4H4N3O+. The van der Waals surface area contributed by atoms with Crippen LogP contribution in [0.15, 0.2) is 0 Å². The molecule has 0 aliphatic heterocycles. The van der Waals surface area contributed by atoms with E-state index in [4.69, 9.17) is 10.7 Å². The number of carbonyl (C=O) groups excluding carboxylic acids is 1. The van der Waals surface area contributed by atoms with E-state index < -0.39 is 5.91 Å². The molecule has 0 bridgehead atoms. The fraction of sp³-hybridized carbons (Fsp3) is 0. The third kappa shape index (κ3) is 1.30. The van der Waals surface area contributed by atoms with E-state index in [0.717, 1.165) is 0 Å². The smallest absolute Gasteiger partial charge is 0.328 e. The summed E-state index contributed by atoms with van der Waals surface area (Å²) in [7, 11) is 0. The van der Waals surface area contributed by atoms with Gasteiger partial charge in [-0.15, -0.1) is 5.26 Å². The summed E-state index contributed by atoms with van der Waals surface area (Å²) in [6, 6.07) is 1.45. The Hall–Kier alpha value is -1.50. The Labute approximate surface area is 46.4 Å². The molecule has 0 saturated carbocycles. The lowest BCUT2D eigenvalue weighted by Gasteiger charge is -1.73. The Morgan fingerprint density at radius 2 is 2.50 bits per heavy atom. The molecule has 0 atom stereocenters. The molecule has 4 heteroatoms. The van der Waals surface area contributed by atoms with Crippen molar-refractivity contribution in [1.29, 1.82) is 10.7 Å². The number of hydrogen-bond donors (Lipinski definition) is 2. The summed E-state index contributed by atoms with van der Waals surface area (Å²) < 4.78 is 0. The minimum atomic E-state index is -0.859. The van der Waals surface area contributed by atoms with Crippen molar-refractivity contribution in [3.05, 3.63) is 5.92 Å². The summed E-state index contributed by atoms with van der Waals surface area (Å²) in [6.45, 7) is 0. The van der Waals surface area contributed by atoms with Crippen LogP contribution in [0.5, 0.6) is 0 Å². The number of primary amides is 1. The molecule has 0 aromatic carbocycles. The van der Waals surface area contributed by atoms with Gasteiger partial charge in [0.15, 0.2) is 0 Å². The number of rotatable bonds is 2. The van der Waals surface area contributed by atoms with Gasteiger partial charge in [-0.05, 0) is 0 Å². The Bertz CT molecular complexity index is 146. The molecule has 8 heavy (non-hydrogen) atoms. The number of hydrogen-bond acceptors (Lipinski definition) is 3. The molecule has 3 N–H and O–H groups in total. The Kier molecular flexibility index (Phi) is 2.14. The summed E-state index contributed by atoms with van der Waals surface area (Å²) in [6.07, 6.45) is 0.627. The summed E-state index contributed by atoms with van der Waals surface area (Å²) >= 11 is 0. The highest BCUT2D eigenvalue weighted by Crippen LogP contribution is 1.86. The first-order valence-electron chi connectivity index (χ1n) is 1.79. The molecule has 0 aliphatic rings. The van der Waals surface area contributed by atoms with Crippen LogP contribution in [0, 0.1) is 22.7 Å². The number of nitrogens with one attached hydrogen (secondary N) is 1. The average Bonchev–Trinajstić information content (AvgIpc) is 1.69. The second kappa shape index (κ2) is 2.64. The molecule has 0 spiro atoms. The average molecular weight is 110 g/mol. The molecule has 0 heterocycles. The maximum absolute atomic E-state index is 9.97. The molecule has 4 nitrogen and oxygen atoms in total. The predicted molar refractivity (Wildman–Crippen MR) is 26.8 cm³/mol. The molecule has 0 fully saturated rings. The molecule has 0 unspecified atom stereocenters. The minimum absolute atomic E-state index is 0.329. The third-order valence-corrected chi connectivity index (χ3v) is 0.530. The monoisotopic (exact) mass is 110 g/mol. The number of nitriles is 1. The van der Waals surface area contributed by atoms with E-state index in [0.29, 0.717) is 6.21 Å². The first-order chi connectivity index (χ1) is 3.72. The highest BCUT2D eigenvalue weighted by atomic mass is 16.1. The summed E-state index contributed by atoms with van der Waals surface area (Å²) in [5, 5.41) is 14.4. The molecule has 1 amide bonds. The van der Waals surface area contributed by atoms with E-state index in [2.05, 4.69) is 5.73 Å². The maximum Gasteiger partial charge on any atom is 0.427 e. The quantitative estimate of drug-likeness (QED) is 0.360. The standard InChI is InChI=1S/C4H3N3O/c5-1-3(2-6)4(7)8/h1,5H,(H-,7,8)/p+1. The van der Waals surface area contributed by atoms with Crippen LogP contribution in [0.1, 0.15) is 0 Å². The lowest BCUT2D eigenvalue weighted by molar-refractivity contribution is -0.115. The van der Waals surface area contributed by atoms with Crippen molar-refractivity contribution in [1.82, 2.24) is 0 Å². The number of carbonyl (C=O) groups is 1. The third-order valence-electron chi connectivity index (χ3n) is 0.530. The number of nitrogens with two attached hydrogens (primary N) is 1. The minimum Gasteiger partial charge on any atom is -0.328 e. The number of nitrogens with zero attached hydrogens (tertiary/aromatic N) is 1. The molecule has 0 radical (unpaired) electrons. The van der Waals surface area contributed by atoms with Crippen molar-refractivity contribution in [3.8, 4) is 6.07 Å². The van der Waals surface area contributed by atoms with Gasteiger partial charge in [0.25, 0.3) is 0 Å². The summed E-state index contributed by atoms with van der Waals surface area (Å²) in [5.74, 6) is -1.19. The molecule has 0 aromatic rings. The van der Waals surface area contributed by atoms with Crippen molar-refractivity contribution >= 4 is 12.1 Å². The second-order valence-electron chi connectivity index (χ2n) is 1.03. The summed E-state index contributed by atoms with van der Waals surface area (Å²) in [4.78, 5) is 9.97. The van der Waals surface area contributed by atoms with E-state index in [1.54, 1.807) is 0 Å². The van der Waals surface area contributed by atoms with Crippen LogP contribution in [0.25, 0.3) is 0 Å². The fourth-order valence-corrected chi connectivity index (χ4v) is 0.159. The van der Waals surface area contributed by atoms with Crippen molar-refractivity contribution in [2.24, 2.45) is 5.73 Å². The van der Waals surface area contributed by atoms with Crippen LogP contribution in [-0.4, -0.2) is 12.1 Å². The molecule has 0 saturated heterocycles. The zero-order valence-electron chi connectivity index (χ0n) is 4.01. The van der Waals surface area contributed by atoms with Gasteiger partial charge in [0.05, 0.1) is 0 Å². The van der Waals surface area contributed by atoms with E-state index in [-0.39, 0.29) is 5.92 Å². The molecule has 40 valence electrons. The van der Waals surface area contributed by atoms with Gasteiger partial charge in [-0.25, -0.2) is 4.79 Å². The molecular weight excluding hydrogens is 106 g/mol. The Morgan fingerprint density at radius 3 is 2.50 bits per heavy atom. The lowest BCUT2D eigenvalue weighted by atomic mass is 10.2. The lowest BCUT2D eigenvalue weighted by Crippen LogP contribution is -2.20. The van der Waals surface area contributed by atoms with Crippen LogP contribution in [0.3, 0.4) is 0 Å². The normalized spacial score (nSPS) is 6.88.